The average Bonchev–Trinajstić information content (AvgIpc) is 3.51. The van der Waals surface area contributed by atoms with Gasteiger partial charge in [0.25, 0.3) is 0 Å². The topological polar surface area (TPSA) is 74.8 Å². The number of rotatable bonds is 7. The van der Waals surface area contributed by atoms with Crippen molar-refractivity contribution in [3.63, 3.8) is 0 Å². The van der Waals surface area contributed by atoms with E-state index in [1.165, 1.54) is 6.07 Å². The van der Waals surface area contributed by atoms with Gasteiger partial charge in [0.2, 0.25) is 5.91 Å². The van der Waals surface area contributed by atoms with Gasteiger partial charge in [-0.05, 0) is 44.2 Å². The van der Waals surface area contributed by atoms with Crippen LogP contribution in [0.5, 0.6) is 5.75 Å². The van der Waals surface area contributed by atoms with E-state index in [1.54, 1.807) is 7.05 Å². The van der Waals surface area contributed by atoms with Crippen LogP contribution < -0.4 is 20.7 Å². The quantitative estimate of drug-likeness (QED) is 0.223. The van der Waals surface area contributed by atoms with Crippen molar-refractivity contribution in [1.82, 2.24) is 16.0 Å². The van der Waals surface area contributed by atoms with Gasteiger partial charge in [-0.15, -0.1) is 24.0 Å². The van der Waals surface area contributed by atoms with E-state index in [1.807, 2.05) is 0 Å². The van der Waals surface area contributed by atoms with E-state index >= 15 is 0 Å². The summed E-state index contributed by atoms with van der Waals surface area (Å²) in [6.07, 6.45) is 5.94. The Morgan fingerprint density at radius 2 is 1.93 bits per heavy atom. The molecule has 9 heteroatoms. The standard InChI is InChI=1S/C20H28F2N4O2.HI/c1-23-20(24-9-10-28-16-7-8-17(21)18(22)12-16)26-15-4-2-3-13(11-15)19(27)25-14-5-6-14;/h7-8,12-15H,2-6,9-11H2,1H3,(H,25,27)(H2,23,24,26);1H. The highest BCUT2D eigenvalue weighted by molar-refractivity contribution is 14.0. The van der Waals surface area contributed by atoms with Crippen LogP contribution in [0.2, 0.25) is 0 Å². The summed E-state index contributed by atoms with van der Waals surface area (Å²) in [5.41, 5.74) is 0. The van der Waals surface area contributed by atoms with E-state index in [9.17, 15) is 13.6 Å². The Labute approximate surface area is 187 Å². The van der Waals surface area contributed by atoms with E-state index in [0.717, 1.165) is 50.7 Å². The van der Waals surface area contributed by atoms with Crippen LogP contribution in [-0.2, 0) is 4.79 Å². The number of nitrogens with zero attached hydrogens (tertiary/aromatic N) is 1. The maximum absolute atomic E-state index is 13.2. The van der Waals surface area contributed by atoms with E-state index in [2.05, 4.69) is 20.9 Å². The van der Waals surface area contributed by atoms with Gasteiger partial charge < -0.3 is 20.7 Å². The van der Waals surface area contributed by atoms with Gasteiger partial charge in [0.1, 0.15) is 12.4 Å². The van der Waals surface area contributed by atoms with Gasteiger partial charge in [0, 0.05) is 31.1 Å². The van der Waals surface area contributed by atoms with Crippen LogP contribution >= 0.6 is 24.0 Å². The molecule has 0 heterocycles. The van der Waals surface area contributed by atoms with Crippen molar-refractivity contribution in [2.24, 2.45) is 10.9 Å². The zero-order chi connectivity index (χ0) is 19.9. The number of carbonyl (C=O) groups is 1. The number of halogens is 3. The Morgan fingerprint density at radius 3 is 2.62 bits per heavy atom. The van der Waals surface area contributed by atoms with Gasteiger partial charge in [0.05, 0.1) is 6.54 Å². The van der Waals surface area contributed by atoms with Crippen molar-refractivity contribution in [1.29, 1.82) is 0 Å². The third kappa shape index (κ3) is 7.60. The van der Waals surface area contributed by atoms with Gasteiger partial charge in [0.15, 0.2) is 17.6 Å². The Balaban J connectivity index is 0.00000300. The van der Waals surface area contributed by atoms with E-state index in [-0.39, 0.29) is 54.2 Å². The number of aliphatic imine (C=N–C) groups is 1. The number of hydrogen-bond donors (Lipinski definition) is 3. The van der Waals surface area contributed by atoms with E-state index < -0.39 is 11.6 Å². The van der Waals surface area contributed by atoms with Crippen LogP contribution in [0.25, 0.3) is 0 Å². The summed E-state index contributed by atoms with van der Waals surface area (Å²) in [4.78, 5) is 16.5. The van der Waals surface area contributed by atoms with Crippen molar-refractivity contribution in [3.05, 3.63) is 29.8 Å². The molecule has 2 fully saturated rings. The molecule has 0 saturated heterocycles. The molecule has 29 heavy (non-hydrogen) atoms. The van der Waals surface area contributed by atoms with Crippen LogP contribution in [0.4, 0.5) is 8.78 Å². The molecule has 0 radical (unpaired) electrons. The first-order chi connectivity index (χ1) is 13.5. The molecular formula is C20H29F2IN4O2. The lowest BCUT2D eigenvalue weighted by Gasteiger charge is -2.30. The first-order valence-corrected chi connectivity index (χ1v) is 9.90. The Bertz CT molecular complexity index is 716. The summed E-state index contributed by atoms with van der Waals surface area (Å²) in [5.74, 6) is -0.673. The minimum absolute atomic E-state index is 0. The monoisotopic (exact) mass is 522 g/mol. The predicted molar refractivity (Wildman–Crippen MR) is 119 cm³/mol. The van der Waals surface area contributed by atoms with Crippen molar-refractivity contribution < 1.29 is 18.3 Å². The third-order valence-electron chi connectivity index (χ3n) is 5.09. The summed E-state index contributed by atoms with van der Waals surface area (Å²) in [7, 11) is 1.69. The molecule has 0 aliphatic heterocycles. The normalized spacial score (nSPS) is 21.7. The molecule has 3 rings (SSSR count). The second kappa shape index (κ2) is 11.5. The van der Waals surface area contributed by atoms with Crippen LogP contribution in [-0.4, -0.2) is 44.1 Å². The molecule has 1 amide bonds. The van der Waals surface area contributed by atoms with E-state index in [0.29, 0.717) is 18.5 Å². The molecule has 3 N–H and O–H groups in total. The molecule has 162 valence electrons. The van der Waals surface area contributed by atoms with Crippen LogP contribution in [0.1, 0.15) is 38.5 Å². The van der Waals surface area contributed by atoms with Crippen LogP contribution in [0.15, 0.2) is 23.2 Å². The number of ether oxygens (including phenoxy) is 1. The van der Waals surface area contributed by atoms with Crippen molar-refractivity contribution in [2.75, 3.05) is 20.2 Å². The van der Waals surface area contributed by atoms with Gasteiger partial charge in [-0.1, -0.05) is 6.42 Å². The van der Waals surface area contributed by atoms with Crippen LogP contribution in [0.3, 0.4) is 0 Å². The number of nitrogens with one attached hydrogen (secondary N) is 3. The van der Waals surface area contributed by atoms with Gasteiger partial charge >= 0.3 is 0 Å². The number of hydrogen-bond acceptors (Lipinski definition) is 3. The predicted octanol–water partition coefficient (Wildman–Crippen LogP) is 2.96. The maximum Gasteiger partial charge on any atom is 0.223 e. The Hall–Kier alpha value is -1.65. The molecule has 6 nitrogen and oxygen atoms in total. The lowest BCUT2D eigenvalue weighted by atomic mass is 9.85. The number of guanidine groups is 1. The van der Waals surface area contributed by atoms with Crippen molar-refractivity contribution in [2.45, 2.75) is 50.6 Å². The highest BCUT2D eigenvalue weighted by Gasteiger charge is 2.31. The second-order valence-electron chi connectivity index (χ2n) is 7.41. The number of carbonyl (C=O) groups excluding carboxylic acids is 1. The average molecular weight is 522 g/mol. The first-order valence-electron chi connectivity index (χ1n) is 9.90. The van der Waals surface area contributed by atoms with Gasteiger partial charge in [-0.3, -0.25) is 9.79 Å². The lowest BCUT2D eigenvalue weighted by molar-refractivity contribution is -0.126. The summed E-state index contributed by atoms with van der Waals surface area (Å²) < 4.78 is 31.5. The fourth-order valence-electron chi connectivity index (χ4n) is 3.40. The Morgan fingerprint density at radius 1 is 1.14 bits per heavy atom. The van der Waals surface area contributed by atoms with E-state index in [4.69, 9.17) is 4.74 Å². The summed E-state index contributed by atoms with van der Waals surface area (Å²) in [6.45, 7) is 0.736. The zero-order valence-corrected chi connectivity index (χ0v) is 18.9. The fraction of sp³-hybridized carbons (Fsp3) is 0.600. The lowest BCUT2D eigenvalue weighted by Crippen LogP contribution is -2.47. The van der Waals surface area contributed by atoms with Crippen molar-refractivity contribution >= 4 is 35.8 Å². The maximum atomic E-state index is 13.2. The third-order valence-corrected chi connectivity index (χ3v) is 5.09. The first kappa shape index (κ1) is 23.6. The number of benzene rings is 1. The molecule has 1 aromatic rings. The summed E-state index contributed by atoms with van der Waals surface area (Å²) >= 11 is 0. The minimum atomic E-state index is -0.930. The zero-order valence-electron chi connectivity index (χ0n) is 16.5. The Kier molecular flexibility index (Phi) is 9.38. The molecule has 0 bridgehead atoms. The largest absolute Gasteiger partial charge is 0.492 e. The molecule has 2 aliphatic carbocycles. The molecule has 2 unspecified atom stereocenters. The van der Waals surface area contributed by atoms with Gasteiger partial charge in [-0.25, -0.2) is 8.78 Å². The molecule has 1 aromatic carbocycles. The molecule has 0 aromatic heterocycles. The fourth-order valence-corrected chi connectivity index (χ4v) is 3.40. The SMILES string of the molecule is CN=C(NCCOc1ccc(F)c(F)c1)NC1CCCC(C(=O)NC2CC2)C1.I. The summed E-state index contributed by atoms with van der Waals surface area (Å²) in [6, 6.07) is 4.04. The molecule has 0 spiro atoms. The van der Waals surface area contributed by atoms with Crippen molar-refractivity contribution in [3.8, 4) is 5.75 Å². The molecule has 2 aliphatic rings. The highest BCUT2D eigenvalue weighted by atomic mass is 127. The minimum Gasteiger partial charge on any atom is -0.492 e. The summed E-state index contributed by atoms with van der Waals surface area (Å²) in [5, 5.41) is 9.61. The number of amides is 1. The smallest absolute Gasteiger partial charge is 0.223 e. The molecular weight excluding hydrogens is 493 g/mol. The second-order valence-corrected chi connectivity index (χ2v) is 7.41. The van der Waals surface area contributed by atoms with Gasteiger partial charge in [-0.2, -0.15) is 0 Å². The molecule has 2 atom stereocenters. The molecule has 2 saturated carbocycles. The van der Waals surface area contributed by atoms with Crippen LogP contribution in [0, 0.1) is 17.6 Å². The highest BCUT2D eigenvalue weighted by Crippen LogP contribution is 2.26.